The van der Waals surface area contributed by atoms with E-state index in [1.165, 1.54) is 40.7 Å². The molecule has 0 aliphatic heterocycles. The minimum Gasteiger partial charge on any atom is -0.486 e. The Morgan fingerprint density at radius 1 is 1.06 bits per heavy atom. The lowest BCUT2D eigenvalue weighted by Gasteiger charge is -2.16. The number of aryl methyl sites for hydroxylation is 2. The van der Waals surface area contributed by atoms with Crippen molar-refractivity contribution in [2.45, 2.75) is 30.9 Å². The minimum atomic E-state index is -0.661. The fourth-order valence-electron chi connectivity index (χ4n) is 3.40. The number of nitrogens with two attached hydrogens (primary N) is 1. The Balaban J connectivity index is 1.51. The molecule has 34 heavy (non-hydrogen) atoms. The van der Waals surface area contributed by atoms with Crippen LogP contribution in [-0.4, -0.2) is 20.8 Å². The molecule has 3 aromatic carbocycles. The number of nitrogens with zero attached hydrogens (tertiary/aromatic N) is 3. The molecule has 1 atom stereocenters. The average molecular weight is 478 g/mol. The number of halogens is 1. The van der Waals surface area contributed by atoms with Crippen molar-refractivity contribution in [3.8, 4) is 5.75 Å². The number of aromatic nitrogens is 3. The largest absolute Gasteiger partial charge is 0.486 e. The van der Waals surface area contributed by atoms with E-state index in [2.05, 4.69) is 21.6 Å². The predicted octanol–water partition coefficient (Wildman–Crippen LogP) is 4.80. The van der Waals surface area contributed by atoms with Crippen molar-refractivity contribution >= 4 is 23.4 Å². The van der Waals surface area contributed by atoms with Crippen molar-refractivity contribution in [2.75, 3.05) is 11.2 Å². The lowest BCUT2D eigenvalue weighted by molar-refractivity contribution is -0.115. The van der Waals surface area contributed by atoms with Crippen LogP contribution in [0.2, 0.25) is 0 Å². The summed E-state index contributed by atoms with van der Waals surface area (Å²) in [5.41, 5.74) is 3.45. The van der Waals surface area contributed by atoms with Crippen LogP contribution in [-0.2, 0) is 11.4 Å². The highest BCUT2D eigenvalue weighted by molar-refractivity contribution is 8.00. The van der Waals surface area contributed by atoms with Gasteiger partial charge in [0.1, 0.15) is 23.4 Å². The van der Waals surface area contributed by atoms with Gasteiger partial charge in [-0.25, -0.2) is 9.07 Å². The van der Waals surface area contributed by atoms with E-state index in [0.717, 1.165) is 22.4 Å². The zero-order valence-electron chi connectivity index (χ0n) is 18.7. The van der Waals surface area contributed by atoms with E-state index >= 15 is 0 Å². The van der Waals surface area contributed by atoms with Crippen molar-refractivity contribution < 1.29 is 13.9 Å². The molecule has 4 aromatic rings. The molecule has 0 bridgehead atoms. The van der Waals surface area contributed by atoms with Crippen LogP contribution in [0.1, 0.15) is 27.8 Å². The monoisotopic (exact) mass is 477 g/mol. The number of hydrogen-bond donors (Lipinski definition) is 2. The average Bonchev–Trinajstić information content (AvgIpc) is 3.16. The quantitative estimate of drug-likeness (QED) is 0.280. The van der Waals surface area contributed by atoms with Gasteiger partial charge in [0.05, 0.1) is 0 Å². The molecule has 0 saturated carbocycles. The first-order valence-electron chi connectivity index (χ1n) is 10.6. The van der Waals surface area contributed by atoms with Crippen molar-refractivity contribution in [1.29, 1.82) is 0 Å². The zero-order chi connectivity index (χ0) is 24.1. The molecule has 4 rings (SSSR count). The number of benzene rings is 3. The fourth-order valence-corrected chi connectivity index (χ4v) is 4.37. The van der Waals surface area contributed by atoms with Gasteiger partial charge >= 0.3 is 0 Å². The maximum atomic E-state index is 13.2. The van der Waals surface area contributed by atoms with Gasteiger partial charge in [-0.05, 0) is 66.9 Å². The molecule has 1 amide bonds. The van der Waals surface area contributed by atoms with Gasteiger partial charge in [0, 0.05) is 5.69 Å². The van der Waals surface area contributed by atoms with Crippen LogP contribution >= 0.6 is 11.8 Å². The third kappa shape index (κ3) is 5.74. The lowest BCUT2D eigenvalue weighted by atomic mass is 10.1. The summed E-state index contributed by atoms with van der Waals surface area (Å²) in [6.07, 6.45) is 0. The lowest BCUT2D eigenvalue weighted by Crippen LogP contribution is -2.21. The summed E-state index contributed by atoms with van der Waals surface area (Å²) in [6, 6.07) is 20.8. The number of carbonyl (C=O) groups excluding carboxylic acids is 1. The molecule has 0 saturated heterocycles. The summed E-state index contributed by atoms with van der Waals surface area (Å²) in [5, 5.41) is 10.8. The van der Waals surface area contributed by atoms with Crippen LogP contribution in [0, 0.1) is 19.7 Å². The van der Waals surface area contributed by atoms with Crippen molar-refractivity contribution in [3.05, 3.63) is 101 Å². The highest BCUT2D eigenvalue weighted by Crippen LogP contribution is 2.35. The molecular formula is C25H24FN5O2S. The topological polar surface area (TPSA) is 95.1 Å². The minimum absolute atomic E-state index is 0.130. The van der Waals surface area contributed by atoms with Gasteiger partial charge in [-0.2, -0.15) is 0 Å². The first-order valence-corrected chi connectivity index (χ1v) is 11.5. The Kier molecular flexibility index (Phi) is 7.12. The van der Waals surface area contributed by atoms with E-state index < -0.39 is 5.25 Å². The van der Waals surface area contributed by atoms with Crippen LogP contribution in [0.4, 0.5) is 10.1 Å². The molecule has 0 spiro atoms. The van der Waals surface area contributed by atoms with Gasteiger partial charge in [0.15, 0.2) is 5.82 Å². The number of rotatable bonds is 8. The summed E-state index contributed by atoms with van der Waals surface area (Å²) in [6.45, 7) is 4.13. The second-order valence-corrected chi connectivity index (χ2v) is 8.86. The highest BCUT2D eigenvalue weighted by atomic mass is 32.2. The van der Waals surface area contributed by atoms with Crippen LogP contribution in [0.3, 0.4) is 0 Å². The Hall–Kier alpha value is -3.85. The SMILES string of the molecule is Cc1cc(C)cc(OCc2nnc(SC(C(=O)Nc3ccc(F)cc3)c3ccccc3)n2N)c1. The molecule has 0 aliphatic rings. The summed E-state index contributed by atoms with van der Waals surface area (Å²) >= 11 is 1.17. The number of nitrogens with one attached hydrogen (secondary N) is 1. The third-order valence-electron chi connectivity index (χ3n) is 4.97. The molecule has 0 radical (unpaired) electrons. The molecule has 1 aromatic heterocycles. The second-order valence-electron chi connectivity index (χ2n) is 7.79. The third-order valence-corrected chi connectivity index (χ3v) is 6.18. The normalized spacial score (nSPS) is 11.7. The highest BCUT2D eigenvalue weighted by Gasteiger charge is 2.25. The molecule has 0 fully saturated rings. The van der Waals surface area contributed by atoms with E-state index in [1.807, 2.05) is 56.3 Å². The standard InChI is InChI=1S/C25H24FN5O2S/c1-16-12-17(2)14-21(13-16)33-15-22-29-30-25(31(22)27)34-23(18-6-4-3-5-7-18)24(32)28-20-10-8-19(26)9-11-20/h3-14,23H,15,27H2,1-2H3,(H,28,32). The Labute approximate surface area is 201 Å². The number of anilines is 1. The van der Waals surface area contributed by atoms with Crippen LogP contribution < -0.4 is 15.9 Å². The molecule has 7 nitrogen and oxygen atoms in total. The van der Waals surface area contributed by atoms with Crippen molar-refractivity contribution in [3.63, 3.8) is 0 Å². The summed E-state index contributed by atoms with van der Waals surface area (Å²) < 4.78 is 20.4. The maximum absolute atomic E-state index is 13.2. The second kappa shape index (κ2) is 10.4. The van der Waals surface area contributed by atoms with Crippen molar-refractivity contribution in [1.82, 2.24) is 14.9 Å². The number of amides is 1. The van der Waals surface area contributed by atoms with Crippen molar-refractivity contribution in [2.24, 2.45) is 0 Å². The molecule has 1 unspecified atom stereocenters. The zero-order valence-corrected chi connectivity index (χ0v) is 19.6. The van der Waals surface area contributed by atoms with E-state index in [9.17, 15) is 9.18 Å². The van der Waals surface area contributed by atoms with Gasteiger partial charge < -0.3 is 15.9 Å². The summed E-state index contributed by atoms with van der Waals surface area (Å²) in [7, 11) is 0. The van der Waals surface area contributed by atoms with Crippen LogP contribution in [0.25, 0.3) is 0 Å². The maximum Gasteiger partial charge on any atom is 0.242 e. The van der Waals surface area contributed by atoms with Crippen LogP contribution in [0.15, 0.2) is 78.0 Å². The number of carbonyl (C=O) groups is 1. The molecule has 1 heterocycles. The van der Waals surface area contributed by atoms with E-state index in [1.54, 1.807) is 0 Å². The van der Waals surface area contributed by atoms with E-state index in [4.69, 9.17) is 10.6 Å². The fraction of sp³-hybridized carbons (Fsp3) is 0.160. The Morgan fingerprint density at radius 3 is 2.41 bits per heavy atom. The van der Waals surface area contributed by atoms with Gasteiger partial charge in [0.25, 0.3) is 0 Å². The number of thioether (sulfide) groups is 1. The van der Waals surface area contributed by atoms with Gasteiger partial charge in [0.2, 0.25) is 11.1 Å². The summed E-state index contributed by atoms with van der Waals surface area (Å²) in [4.78, 5) is 13.1. The molecule has 9 heteroatoms. The predicted molar refractivity (Wildman–Crippen MR) is 130 cm³/mol. The van der Waals surface area contributed by atoms with Gasteiger partial charge in [-0.3, -0.25) is 4.79 Å². The van der Waals surface area contributed by atoms with Gasteiger partial charge in [-0.1, -0.05) is 48.2 Å². The number of hydrogen-bond acceptors (Lipinski definition) is 6. The Bertz CT molecular complexity index is 1260. The molecule has 174 valence electrons. The number of nitrogen functional groups attached to an aromatic ring is 1. The molecule has 3 N–H and O–H groups in total. The van der Waals surface area contributed by atoms with E-state index in [-0.39, 0.29) is 18.3 Å². The summed E-state index contributed by atoms with van der Waals surface area (Å²) in [5.74, 6) is 6.71. The van der Waals surface area contributed by atoms with Crippen LogP contribution in [0.5, 0.6) is 5.75 Å². The first-order chi connectivity index (χ1) is 16.4. The molecular weight excluding hydrogens is 453 g/mol. The molecule has 0 aliphatic carbocycles. The first kappa shape index (κ1) is 23.3. The van der Waals surface area contributed by atoms with Gasteiger partial charge in [-0.15, -0.1) is 10.2 Å². The Morgan fingerprint density at radius 2 is 1.74 bits per heavy atom. The number of ether oxygens (including phenoxy) is 1. The smallest absolute Gasteiger partial charge is 0.242 e. The van der Waals surface area contributed by atoms with E-state index in [0.29, 0.717) is 16.7 Å².